The summed E-state index contributed by atoms with van der Waals surface area (Å²) in [5.41, 5.74) is 2.29. The Labute approximate surface area is 104 Å². The van der Waals surface area contributed by atoms with Gasteiger partial charge in [-0.25, -0.2) is 0 Å². The summed E-state index contributed by atoms with van der Waals surface area (Å²) in [5.74, 6) is 0. The van der Waals surface area contributed by atoms with Crippen LogP contribution in [0.3, 0.4) is 0 Å². The first-order chi connectivity index (χ1) is 7.99. The maximum Gasteiger partial charge on any atom is 0.0779 e. The number of hydrogen-bond acceptors (Lipinski definition) is 3. The Balaban J connectivity index is 2.05. The van der Waals surface area contributed by atoms with Crippen molar-refractivity contribution in [1.29, 1.82) is 0 Å². The lowest BCUT2D eigenvalue weighted by molar-refractivity contribution is -0.124. The number of aromatic nitrogens is 1. The second-order valence-corrected chi connectivity index (χ2v) is 5.41. The number of pyridine rings is 1. The Bertz CT molecular complexity index is 372. The molecule has 1 saturated heterocycles. The number of nitrogens with zero attached hydrogens (tertiary/aromatic N) is 2. The lowest BCUT2D eigenvalue weighted by Gasteiger charge is -2.44. The van der Waals surface area contributed by atoms with Crippen molar-refractivity contribution in [2.75, 3.05) is 13.2 Å². The van der Waals surface area contributed by atoms with E-state index in [1.54, 1.807) is 0 Å². The minimum Gasteiger partial charge on any atom is -0.373 e. The quantitative estimate of drug-likeness (QED) is 0.785. The Morgan fingerprint density at radius 2 is 2.24 bits per heavy atom. The number of rotatable bonds is 2. The van der Waals surface area contributed by atoms with E-state index in [9.17, 15) is 0 Å². The van der Waals surface area contributed by atoms with Crippen molar-refractivity contribution in [2.24, 2.45) is 0 Å². The normalized spacial score (nSPS) is 24.8. The van der Waals surface area contributed by atoms with Crippen molar-refractivity contribution in [1.82, 2.24) is 9.88 Å². The number of hydrogen-bond donors (Lipinski definition) is 0. The summed E-state index contributed by atoms with van der Waals surface area (Å²) in [7, 11) is 0. The van der Waals surface area contributed by atoms with Gasteiger partial charge in [0.05, 0.1) is 12.2 Å². The zero-order valence-corrected chi connectivity index (χ0v) is 11.2. The molecule has 0 bridgehead atoms. The first kappa shape index (κ1) is 12.5. The first-order valence-corrected chi connectivity index (χ1v) is 6.28. The number of aryl methyl sites for hydroxylation is 1. The van der Waals surface area contributed by atoms with Crippen LogP contribution in [0.4, 0.5) is 0 Å². The highest BCUT2D eigenvalue weighted by Crippen LogP contribution is 2.25. The van der Waals surface area contributed by atoms with E-state index >= 15 is 0 Å². The number of ether oxygens (including phenoxy) is 1. The lowest BCUT2D eigenvalue weighted by Crippen LogP contribution is -2.54. The predicted molar refractivity (Wildman–Crippen MR) is 68.9 cm³/mol. The molecule has 0 amide bonds. The van der Waals surface area contributed by atoms with Crippen molar-refractivity contribution in [3.8, 4) is 0 Å². The molecule has 0 spiro atoms. The molecule has 1 fully saturated rings. The zero-order chi connectivity index (χ0) is 12.5. The van der Waals surface area contributed by atoms with Gasteiger partial charge in [-0.3, -0.25) is 9.88 Å². The van der Waals surface area contributed by atoms with E-state index in [4.69, 9.17) is 4.74 Å². The maximum absolute atomic E-state index is 5.81. The minimum atomic E-state index is -0.0592. The fourth-order valence-electron chi connectivity index (χ4n) is 2.22. The van der Waals surface area contributed by atoms with E-state index in [1.807, 2.05) is 13.1 Å². The molecule has 2 rings (SSSR count). The fraction of sp³-hybridized carbons (Fsp3) is 0.643. The van der Waals surface area contributed by atoms with Crippen LogP contribution >= 0.6 is 0 Å². The van der Waals surface area contributed by atoms with Crippen molar-refractivity contribution < 1.29 is 4.74 Å². The van der Waals surface area contributed by atoms with Gasteiger partial charge in [0, 0.05) is 31.0 Å². The van der Waals surface area contributed by atoms with Gasteiger partial charge in [0.1, 0.15) is 0 Å². The lowest BCUT2D eigenvalue weighted by atomic mass is 9.96. The SMILES string of the molecule is Cc1ccc(CN2CCOC(C)(C)C2C)cn1. The van der Waals surface area contributed by atoms with Crippen molar-refractivity contribution in [3.63, 3.8) is 0 Å². The van der Waals surface area contributed by atoms with E-state index in [0.717, 1.165) is 25.4 Å². The van der Waals surface area contributed by atoms with Crippen LogP contribution in [0.5, 0.6) is 0 Å². The standard InChI is InChI=1S/C14H22N2O/c1-11-5-6-13(9-15-11)10-16-7-8-17-14(3,4)12(16)2/h5-6,9,12H,7-8,10H2,1-4H3. The van der Waals surface area contributed by atoms with Crippen LogP contribution in [-0.4, -0.2) is 34.7 Å². The summed E-state index contributed by atoms with van der Waals surface area (Å²) in [4.78, 5) is 6.82. The third kappa shape index (κ3) is 2.85. The molecule has 0 saturated carbocycles. The van der Waals surface area contributed by atoms with Crippen LogP contribution in [-0.2, 0) is 11.3 Å². The highest BCUT2D eigenvalue weighted by atomic mass is 16.5. The molecule has 3 nitrogen and oxygen atoms in total. The summed E-state index contributed by atoms with van der Waals surface area (Å²) < 4.78 is 5.81. The molecule has 1 unspecified atom stereocenters. The minimum absolute atomic E-state index is 0.0592. The average molecular weight is 234 g/mol. The molecule has 1 aliphatic rings. The van der Waals surface area contributed by atoms with Gasteiger partial charge in [-0.15, -0.1) is 0 Å². The van der Waals surface area contributed by atoms with Crippen LogP contribution in [0, 0.1) is 6.92 Å². The monoisotopic (exact) mass is 234 g/mol. The summed E-state index contributed by atoms with van der Waals surface area (Å²) in [6.45, 7) is 11.4. The third-order valence-electron chi connectivity index (χ3n) is 3.76. The van der Waals surface area contributed by atoms with Gasteiger partial charge < -0.3 is 4.74 Å². The molecule has 1 atom stereocenters. The van der Waals surface area contributed by atoms with E-state index in [0.29, 0.717) is 6.04 Å². The van der Waals surface area contributed by atoms with Gasteiger partial charge in [-0.1, -0.05) is 6.07 Å². The van der Waals surface area contributed by atoms with Crippen LogP contribution in [0.15, 0.2) is 18.3 Å². The van der Waals surface area contributed by atoms with Crippen molar-refractivity contribution in [3.05, 3.63) is 29.6 Å². The van der Waals surface area contributed by atoms with E-state index in [1.165, 1.54) is 5.56 Å². The van der Waals surface area contributed by atoms with Gasteiger partial charge in [-0.2, -0.15) is 0 Å². The van der Waals surface area contributed by atoms with Gasteiger partial charge in [0.15, 0.2) is 0 Å². The van der Waals surface area contributed by atoms with E-state index < -0.39 is 0 Å². The summed E-state index contributed by atoms with van der Waals surface area (Å²) in [6.07, 6.45) is 1.98. The molecule has 17 heavy (non-hydrogen) atoms. The molecular formula is C14H22N2O. The molecule has 0 N–H and O–H groups in total. The molecule has 2 heterocycles. The largest absolute Gasteiger partial charge is 0.373 e. The average Bonchev–Trinajstić information content (AvgIpc) is 2.28. The van der Waals surface area contributed by atoms with Gasteiger partial charge in [-0.05, 0) is 39.3 Å². The fourth-order valence-corrected chi connectivity index (χ4v) is 2.22. The predicted octanol–water partition coefficient (Wildman–Crippen LogP) is 2.39. The Morgan fingerprint density at radius 3 is 2.88 bits per heavy atom. The molecule has 1 aromatic rings. The smallest absolute Gasteiger partial charge is 0.0779 e. The van der Waals surface area contributed by atoms with Gasteiger partial charge >= 0.3 is 0 Å². The number of morpholine rings is 1. The van der Waals surface area contributed by atoms with E-state index in [2.05, 4.69) is 42.8 Å². The molecule has 1 aromatic heterocycles. The van der Waals surface area contributed by atoms with Crippen LogP contribution < -0.4 is 0 Å². The Morgan fingerprint density at radius 1 is 1.47 bits per heavy atom. The molecule has 0 radical (unpaired) electrons. The topological polar surface area (TPSA) is 25.4 Å². The molecule has 1 aliphatic heterocycles. The molecule has 0 aliphatic carbocycles. The summed E-state index contributed by atoms with van der Waals surface area (Å²) in [5, 5.41) is 0. The summed E-state index contributed by atoms with van der Waals surface area (Å²) in [6, 6.07) is 4.67. The van der Waals surface area contributed by atoms with Crippen molar-refractivity contribution in [2.45, 2.75) is 45.9 Å². The maximum atomic E-state index is 5.81. The van der Waals surface area contributed by atoms with Crippen LogP contribution in [0.25, 0.3) is 0 Å². The Hall–Kier alpha value is -0.930. The highest BCUT2D eigenvalue weighted by molar-refractivity contribution is 5.13. The second-order valence-electron chi connectivity index (χ2n) is 5.41. The zero-order valence-electron chi connectivity index (χ0n) is 11.2. The van der Waals surface area contributed by atoms with Gasteiger partial charge in [0.25, 0.3) is 0 Å². The highest BCUT2D eigenvalue weighted by Gasteiger charge is 2.35. The van der Waals surface area contributed by atoms with Crippen LogP contribution in [0.1, 0.15) is 32.0 Å². The Kier molecular flexibility index (Phi) is 3.50. The first-order valence-electron chi connectivity index (χ1n) is 6.28. The van der Waals surface area contributed by atoms with Gasteiger partial charge in [0.2, 0.25) is 0 Å². The molecule has 94 valence electrons. The molecular weight excluding hydrogens is 212 g/mol. The van der Waals surface area contributed by atoms with E-state index in [-0.39, 0.29) is 5.60 Å². The molecule has 3 heteroatoms. The van der Waals surface area contributed by atoms with Crippen LogP contribution in [0.2, 0.25) is 0 Å². The molecule has 0 aromatic carbocycles. The van der Waals surface area contributed by atoms with Crippen molar-refractivity contribution >= 4 is 0 Å². The second kappa shape index (κ2) is 4.75. The third-order valence-corrected chi connectivity index (χ3v) is 3.76. The summed E-state index contributed by atoms with van der Waals surface area (Å²) >= 11 is 0.